The maximum absolute atomic E-state index is 11.1. The third-order valence-corrected chi connectivity index (χ3v) is 3.26. The number of carboxylic acids is 1. The molecule has 0 amide bonds. The highest BCUT2D eigenvalue weighted by molar-refractivity contribution is 5.80. The summed E-state index contributed by atoms with van der Waals surface area (Å²) in [5.41, 5.74) is 0.146. The zero-order valence-electron chi connectivity index (χ0n) is 11.3. The largest absolute Gasteiger partial charge is 0.496 e. The predicted molar refractivity (Wildman–Crippen MR) is 75.6 cm³/mol. The summed E-state index contributed by atoms with van der Waals surface area (Å²) >= 11 is 0. The Morgan fingerprint density at radius 2 is 1.80 bits per heavy atom. The van der Waals surface area contributed by atoms with Crippen LogP contribution in [0.1, 0.15) is 12.5 Å². The van der Waals surface area contributed by atoms with Crippen molar-refractivity contribution in [3.63, 3.8) is 0 Å². The number of aliphatic hydroxyl groups is 1. The molecule has 2 rings (SSSR count). The molecule has 20 heavy (non-hydrogen) atoms. The number of hydrogen-bond donors (Lipinski definition) is 2. The van der Waals surface area contributed by atoms with Gasteiger partial charge in [0.25, 0.3) is 0 Å². The van der Waals surface area contributed by atoms with E-state index in [9.17, 15) is 9.90 Å². The van der Waals surface area contributed by atoms with Gasteiger partial charge in [-0.1, -0.05) is 42.5 Å². The number of methoxy groups -OCH3 is 1. The van der Waals surface area contributed by atoms with Crippen LogP contribution in [-0.4, -0.2) is 23.3 Å². The molecule has 0 aliphatic carbocycles. The van der Waals surface area contributed by atoms with Crippen LogP contribution in [-0.2, 0) is 10.4 Å². The van der Waals surface area contributed by atoms with Crippen LogP contribution in [0.15, 0.2) is 48.5 Å². The Morgan fingerprint density at radius 1 is 1.15 bits per heavy atom. The highest BCUT2D eigenvalue weighted by Crippen LogP contribution is 2.33. The van der Waals surface area contributed by atoms with Crippen LogP contribution in [0.3, 0.4) is 0 Å². The van der Waals surface area contributed by atoms with Gasteiger partial charge in [0.2, 0.25) is 0 Å². The van der Waals surface area contributed by atoms with E-state index in [-0.39, 0.29) is 5.56 Å². The van der Waals surface area contributed by atoms with Crippen molar-refractivity contribution in [3.05, 3.63) is 54.1 Å². The second-order valence-electron chi connectivity index (χ2n) is 4.66. The lowest BCUT2D eigenvalue weighted by molar-refractivity contribution is -0.157. The summed E-state index contributed by atoms with van der Waals surface area (Å²) < 4.78 is 5.31. The fraction of sp³-hybridized carbons (Fsp3) is 0.188. The van der Waals surface area contributed by atoms with E-state index in [1.165, 1.54) is 14.0 Å². The van der Waals surface area contributed by atoms with Crippen LogP contribution in [0.4, 0.5) is 0 Å². The summed E-state index contributed by atoms with van der Waals surface area (Å²) in [5, 5.41) is 19.0. The van der Waals surface area contributed by atoms with Gasteiger partial charge in [0.15, 0.2) is 5.60 Å². The third-order valence-electron chi connectivity index (χ3n) is 3.26. The van der Waals surface area contributed by atoms with E-state index in [2.05, 4.69) is 0 Å². The number of carboxylic acid groups (broad SMARTS) is 1. The maximum atomic E-state index is 11.1. The fourth-order valence-electron chi connectivity index (χ4n) is 1.97. The van der Waals surface area contributed by atoms with Gasteiger partial charge in [0, 0.05) is 5.56 Å². The van der Waals surface area contributed by atoms with Gasteiger partial charge in [-0.05, 0) is 24.1 Å². The zero-order valence-corrected chi connectivity index (χ0v) is 11.3. The van der Waals surface area contributed by atoms with Crippen LogP contribution in [0.2, 0.25) is 0 Å². The second kappa shape index (κ2) is 5.35. The van der Waals surface area contributed by atoms with Crippen molar-refractivity contribution in [1.29, 1.82) is 0 Å². The first kappa shape index (κ1) is 14.1. The molecule has 2 N–H and O–H groups in total. The SMILES string of the molecule is COc1cc(C(C)(O)C(=O)O)ccc1-c1ccccc1. The average molecular weight is 272 g/mol. The molecule has 2 aromatic carbocycles. The minimum Gasteiger partial charge on any atom is -0.496 e. The Kier molecular flexibility index (Phi) is 3.77. The van der Waals surface area contributed by atoms with E-state index in [1.807, 2.05) is 30.3 Å². The number of aliphatic carboxylic acids is 1. The monoisotopic (exact) mass is 272 g/mol. The van der Waals surface area contributed by atoms with Crippen LogP contribution in [0.25, 0.3) is 11.1 Å². The summed E-state index contributed by atoms with van der Waals surface area (Å²) in [4.78, 5) is 11.1. The van der Waals surface area contributed by atoms with E-state index in [4.69, 9.17) is 9.84 Å². The van der Waals surface area contributed by atoms with Gasteiger partial charge in [-0.2, -0.15) is 0 Å². The van der Waals surface area contributed by atoms with Gasteiger partial charge in [0.05, 0.1) is 7.11 Å². The minimum atomic E-state index is -1.94. The Bertz CT molecular complexity index is 618. The van der Waals surface area contributed by atoms with Crippen molar-refractivity contribution >= 4 is 5.97 Å². The number of hydrogen-bond acceptors (Lipinski definition) is 3. The van der Waals surface area contributed by atoms with E-state index in [0.717, 1.165) is 11.1 Å². The van der Waals surface area contributed by atoms with Crippen molar-refractivity contribution < 1.29 is 19.7 Å². The minimum absolute atomic E-state index is 0.279. The Balaban J connectivity index is 2.52. The van der Waals surface area contributed by atoms with Gasteiger partial charge in [-0.3, -0.25) is 0 Å². The Morgan fingerprint density at radius 3 is 2.35 bits per heavy atom. The molecule has 0 radical (unpaired) electrons. The van der Waals surface area contributed by atoms with Crippen LogP contribution in [0, 0.1) is 0 Å². The number of ether oxygens (including phenoxy) is 1. The van der Waals surface area contributed by atoms with E-state index in [1.54, 1.807) is 18.2 Å². The molecule has 104 valence electrons. The quantitative estimate of drug-likeness (QED) is 0.898. The fourth-order valence-corrected chi connectivity index (χ4v) is 1.97. The molecule has 4 nitrogen and oxygen atoms in total. The predicted octanol–water partition coefficient (Wildman–Crippen LogP) is 2.65. The summed E-state index contributed by atoms with van der Waals surface area (Å²) in [7, 11) is 1.51. The molecule has 0 saturated heterocycles. The molecule has 0 aliphatic heterocycles. The lowest BCUT2D eigenvalue weighted by atomic mass is 9.93. The zero-order chi connectivity index (χ0) is 14.8. The van der Waals surface area contributed by atoms with Crippen LogP contribution >= 0.6 is 0 Å². The van der Waals surface area contributed by atoms with Crippen molar-refractivity contribution in [2.45, 2.75) is 12.5 Å². The number of benzene rings is 2. The molecular weight excluding hydrogens is 256 g/mol. The van der Waals surface area contributed by atoms with Crippen molar-refractivity contribution in [1.82, 2.24) is 0 Å². The molecule has 1 atom stereocenters. The summed E-state index contributed by atoms with van der Waals surface area (Å²) in [5.74, 6) is -0.776. The maximum Gasteiger partial charge on any atom is 0.340 e. The molecule has 0 aromatic heterocycles. The molecule has 0 fully saturated rings. The van der Waals surface area contributed by atoms with Gasteiger partial charge >= 0.3 is 5.97 Å². The van der Waals surface area contributed by atoms with Gasteiger partial charge in [-0.15, -0.1) is 0 Å². The number of carbonyl (C=O) groups is 1. The summed E-state index contributed by atoms with van der Waals surface area (Å²) in [6.07, 6.45) is 0. The first-order chi connectivity index (χ1) is 9.46. The van der Waals surface area contributed by atoms with Gasteiger partial charge in [0.1, 0.15) is 5.75 Å². The van der Waals surface area contributed by atoms with Crippen LogP contribution < -0.4 is 4.74 Å². The van der Waals surface area contributed by atoms with Crippen molar-refractivity contribution in [2.24, 2.45) is 0 Å². The van der Waals surface area contributed by atoms with E-state index >= 15 is 0 Å². The highest BCUT2D eigenvalue weighted by atomic mass is 16.5. The molecule has 0 heterocycles. The highest BCUT2D eigenvalue weighted by Gasteiger charge is 2.32. The second-order valence-corrected chi connectivity index (χ2v) is 4.66. The van der Waals surface area contributed by atoms with Crippen LogP contribution in [0.5, 0.6) is 5.75 Å². The summed E-state index contributed by atoms with van der Waals surface area (Å²) in [6, 6.07) is 14.5. The topological polar surface area (TPSA) is 66.8 Å². The lowest BCUT2D eigenvalue weighted by Gasteiger charge is -2.20. The molecule has 0 bridgehead atoms. The number of rotatable bonds is 4. The molecule has 0 aliphatic rings. The molecule has 4 heteroatoms. The smallest absolute Gasteiger partial charge is 0.340 e. The van der Waals surface area contributed by atoms with E-state index < -0.39 is 11.6 Å². The lowest BCUT2D eigenvalue weighted by Crippen LogP contribution is -2.31. The Labute approximate surface area is 117 Å². The third kappa shape index (κ3) is 2.51. The normalized spacial score (nSPS) is 13.6. The standard InChI is InChI=1S/C16H16O4/c1-16(19,15(17)18)12-8-9-13(14(10-12)20-2)11-6-4-3-5-7-11/h3-10,19H,1-2H3,(H,17,18). The first-order valence-electron chi connectivity index (χ1n) is 6.16. The summed E-state index contributed by atoms with van der Waals surface area (Å²) in [6.45, 7) is 1.24. The molecular formula is C16H16O4. The molecule has 0 spiro atoms. The van der Waals surface area contributed by atoms with Gasteiger partial charge in [-0.25, -0.2) is 4.79 Å². The average Bonchev–Trinajstić information content (AvgIpc) is 2.47. The van der Waals surface area contributed by atoms with Crippen molar-refractivity contribution in [3.8, 4) is 16.9 Å². The van der Waals surface area contributed by atoms with Gasteiger partial charge < -0.3 is 14.9 Å². The Hall–Kier alpha value is -2.33. The molecule has 0 saturated carbocycles. The van der Waals surface area contributed by atoms with Crippen molar-refractivity contribution in [2.75, 3.05) is 7.11 Å². The first-order valence-corrected chi connectivity index (χ1v) is 6.16. The molecule has 1 unspecified atom stereocenters. The van der Waals surface area contributed by atoms with E-state index in [0.29, 0.717) is 5.75 Å². The molecule has 2 aromatic rings.